The molecule has 8 nitrogen and oxygen atoms in total. The third-order valence-corrected chi connectivity index (χ3v) is 8.40. The van der Waals surface area contributed by atoms with Crippen molar-refractivity contribution in [2.24, 2.45) is 5.10 Å². The van der Waals surface area contributed by atoms with Crippen LogP contribution in [0.1, 0.15) is 47.3 Å². The Morgan fingerprint density at radius 3 is 2.35 bits per heavy atom. The average molecular weight is 620 g/mol. The first-order chi connectivity index (χ1) is 20.7. The van der Waals surface area contributed by atoms with Crippen LogP contribution in [0.4, 0.5) is 5.69 Å². The summed E-state index contributed by atoms with van der Waals surface area (Å²) in [5.41, 5.74) is 5.20. The molecule has 0 fully saturated rings. The summed E-state index contributed by atoms with van der Waals surface area (Å²) in [6, 6.07) is 25.4. The highest BCUT2D eigenvalue weighted by atomic mass is 35.5. The summed E-state index contributed by atoms with van der Waals surface area (Å²) in [5.74, 6) is 0.644. The lowest BCUT2D eigenvalue weighted by molar-refractivity contribution is 0.0955. The van der Waals surface area contributed by atoms with E-state index in [1.54, 1.807) is 91.0 Å². The lowest BCUT2D eigenvalue weighted by Gasteiger charge is -2.26. The highest BCUT2D eigenvalue weighted by Gasteiger charge is 2.28. The van der Waals surface area contributed by atoms with Crippen LogP contribution >= 0.6 is 11.6 Å². The molecule has 0 radical (unpaired) electrons. The van der Waals surface area contributed by atoms with E-state index in [1.807, 2.05) is 20.8 Å². The van der Waals surface area contributed by atoms with Gasteiger partial charge in [-0.3, -0.25) is 9.10 Å². The van der Waals surface area contributed by atoms with Gasteiger partial charge in [0.25, 0.3) is 15.9 Å². The number of aryl methyl sites for hydroxylation is 1. The van der Waals surface area contributed by atoms with Crippen molar-refractivity contribution in [1.29, 1.82) is 0 Å². The van der Waals surface area contributed by atoms with E-state index in [-0.39, 0.29) is 22.7 Å². The molecule has 0 aromatic heterocycles. The zero-order valence-corrected chi connectivity index (χ0v) is 25.9. The van der Waals surface area contributed by atoms with Crippen LogP contribution in [0.15, 0.2) is 101 Å². The maximum absolute atomic E-state index is 14.0. The molecule has 0 saturated heterocycles. The minimum atomic E-state index is -4.06. The molecule has 43 heavy (non-hydrogen) atoms. The molecule has 0 aliphatic rings. The largest absolute Gasteiger partial charge is 0.490 e. The summed E-state index contributed by atoms with van der Waals surface area (Å²) in [4.78, 5) is 13.5. The van der Waals surface area contributed by atoms with Crippen molar-refractivity contribution < 1.29 is 22.7 Å². The van der Waals surface area contributed by atoms with Crippen LogP contribution in [0.2, 0.25) is 5.02 Å². The van der Waals surface area contributed by atoms with E-state index in [0.29, 0.717) is 40.9 Å². The summed E-state index contributed by atoms with van der Waals surface area (Å²) >= 11 is 6.07. The number of hydrogen-bond donors (Lipinski definition) is 1. The Morgan fingerprint density at radius 2 is 1.65 bits per heavy atom. The second-order valence-electron chi connectivity index (χ2n) is 9.66. The van der Waals surface area contributed by atoms with Crippen molar-refractivity contribution in [2.75, 3.05) is 17.5 Å². The fourth-order valence-electron chi connectivity index (χ4n) is 4.21. The van der Waals surface area contributed by atoms with Crippen molar-refractivity contribution in [3.8, 4) is 11.5 Å². The maximum Gasteiger partial charge on any atom is 0.273 e. The number of hydrazone groups is 1. The van der Waals surface area contributed by atoms with Crippen molar-refractivity contribution in [2.45, 2.75) is 38.6 Å². The average Bonchev–Trinajstić information content (AvgIpc) is 3.00. The molecule has 4 rings (SSSR count). The quantitative estimate of drug-likeness (QED) is 0.128. The van der Waals surface area contributed by atoms with Crippen LogP contribution < -0.4 is 19.2 Å². The van der Waals surface area contributed by atoms with Gasteiger partial charge in [0.2, 0.25) is 0 Å². The number of ether oxygens (including phenoxy) is 2. The van der Waals surface area contributed by atoms with Crippen molar-refractivity contribution in [3.05, 3.63) is 118 Å². The number of rotatable bonds is 13. The number of halogens is 1. The van der Waals surface area contributed by atoms with Gasteiger partial charge in [0.15, 0.2) is 11.5 Å². The minimum absolute atomic E-state index is 0.0202. The van der Waals surface area contributed by atoms with Crippen LogP contribution in [0, 0.1) is 6.92 Å². The SMILES string of the molecule is CCCOc1ccc(C=NNC(=O)c2ccccc2N(Cc2ccc(Cl)cc2)S(=O)(=O)c2ccc(C)cc2)cc1OCC. The molecule has 0 atom stereocenters. The van der Waals surface area contributed by atoms with Gasteiger partial charge in [-0.1, -0.05) is 60.5 Å². The van der Waals surface area contributed by atoms with Gasteiger partial charge >= 0.3 is 0 Å². The van der Waals surface area contributed by atoms with E-state index < -0.39 is 15.9 Å². The number of hydrogen-bond acceptors (Lipinski definition) is 6. The fraction of sp³-hybridized carbons (Fsp3) is 0.212. The predicted molar refractivity (Wildman–Crippen MR) is 171 cm³/mol. The van der Waals surface area contributed by atoms with Crippen molar-refractivity contribution in [1.82, 2.24) is 5.43 Å². The Morgan fingerprint density at radius 1 is 0.930 bits per heavy atom. The lowest BCUT2D eigenvalue weighted by atomic mass is 10.1. The second kappa shape index (κ2) is 14.7. The van der Waals surface area contributed by atoms with E-state index in [2.05, 4.69) is 10.5 Å². The summed E-state index contributed by atoms with van der Waals surface area (Å²) < 4.78 is 40.6. The number of benzene rings is 4. The fourth-order valence-corrected chi connectivity index (χ4v) is 5.80. The summed E-state index contributed by atoms with van der Waals surface area (Å²) in [6.07, 6.45) is 2.35. The molecule has 224 valence electrons. The number of para-hydroxylation sites is 1. The topological polar surface area (TPSA) is 97.3 Å². The van der Waals surface area contributed by atoms with Crippen LogP contribution in [-0.2, 0) is 16.6 Å². The number of sulfonamides is 1. The number of amides is 1. The van der Waals surface area contributed by atoms with E-state index >= 15 is 0 Å². The highest BCUT2D eigenvalue weighted by molar-refractivity contribution is 7.92. The summed E-state index contributed by atoms with van der Waals surface area (Å²) in [6.45, 7) is 6.81. The summed E-state index contributed by atoms with van der Waals surface area (Å²) in [7, 11) is -4.06. The van der Waals surface area contributed by atoms with Gasteiger partial charge in [0.05, 0.1) is 42.1 Å². The Kier molecular flexibility index (Phi) is 10.8. The molecule has 0 bridgehead atoms. The second-order valence-corrected chi connectivity index (χ2v) is 12.0. The monoisotopic (exact) mass is 619 g/mol. The minimum Gasteiger partial charge on any atom is -0.490 e. The molecule has 10 heteroatoms. The Labute approximate surface area is 258 Å². The van der Waals surface area contributed by atoms with Gasteiger partial charge in [0, 0.05) is 5.02 Å². The normalized spacial score (nSPS) is 11.3. The van der Waals surface area contributed by atoms with E-state index in [1.165, 1.54) is 10.5 Å². The third kappa shape index (κ3) is 8.15. The van der Waals surface area contributed by atoms with Crippen LogP contribution in [-0.4, -0.2) is 33.8 Å². The van der Waals surface area contributed by atoms with Gasteiger partial charge in [-0.05, 0) is 86.0 Å². The first-order valence-corrected chi connectivity index (χ1v) is 15.7. The van der Waals surface area contributed by atoms with E-state index in [9.17, 15) is 13.2 Å². The highest BCUT2D eigenvalue weighted by Crippen LogP contribution is 2.30. The molecule has 4 aromatic carbocycles. The molecule has 0 heterocycles. The number of nitrogens with one attached hydrogen (secondary N) is 1. The maximum atomic E-state index is 14.0. The zero-order valence-electron chi connectivity index (χ0n) is 24.3. The molecular formula is C33H34ClN3O5S. The zero-order chi connectivity index (χ0) is 30.8. The number of carbonyl (C=O) groups is 1. The molecule has 0 unspecified atom stereocenters. The first-order valence-electron chi connectivity index (χ1n) is 13.9. The van der Waals surface area contributed by atoms with E-state index in [0.717, 1.165) is 12.0 Å². The van der Waals surface area contributed by atoms with E-state index in [4.69, 9.17) is 21.1 Å². The Balaban J connectivity index is 1.64. The number of anilines is 1. The van der Waals surface area contributed by atoms with Gasteiger partial charge in [-0.15, -0.1) is 0 Å². The van der Waals surface area contributed by atoms with Crippen molar-refractivity contribution in [3.63, 3.8) is 0 Å². The van der Waals surface area contributed by atoms with Crippen LogP contribution in [0.5, 0.6) is 11.5 Å². The molecule has 0 aliphatic heterocycles. The molecule has 0 saturated carbocycles. The van der Waals surface area contributed by atoms with Crippen LogP contribution in [0.3, 0.4) is 0 Å². The van der Waals surface area contributed by atoms with Crippen molar-refractivity contribution >= 4 is 39.4 Å². The molecule has 0 aliphatic carbocycles. The van der Waals surface area contributed by atoms with Gasteiger partial charge in [0.1, 0.15) is 0 Å². The van der Waals surface area contributed by atoms with Crippen LogP contribution in [0.25, 0.3) is 0 Å². The smallest absolute Gasteiger partial charge is 0.273 e. The van der Waals surface area contributed by atoms with Gasteiger partial charge in [-0.2, -0.15) is 5.10 Å². The molecule has 1 N–H and O–H groups in total. The Hall–Kier alpha value is -4.34. The van der Waals surface area contributed by atoms with Gasteiger partial charge < -0.3 is 9.47 Å². The standard InChI is InChI=1S/C33H34ClN3O5S/c1-4-20-42-31-19-14-26(21-32(31)41-5-2)22-35-36-33(38)29-8-6-7-9-30(29)37(23-25-12-15-27(34)16-13-25)43(39,40)28-17-10-24(3)11-18-28/h6-19,21-22H,4-5,20,23H2,1-3H3,(H,36,38). The molecule has 4 aromatic rings. The van der Waals surface area contributed by atoms with Gasteiger partial charge in [-0.25, -0.2) is 13.8 Å². The molecular weight excluding hydrogens is 586 g/mol. The first kappa shape index (κ1) is 31.6. The third-order valence-electron chi connectivity index (χ3n) is 6.37. The predicted octanol–water partition coefficient (Wildman–Crippen LogP) is 7.00. The lowest BCUT2D eigenvalue weighted by Crippen LogP contribution is -2.33. The number of nitrogens with zero attached hydrogens (tertiary/aromatic N) is 2. The Bertz CT molecular complexity index is 1670. The molecule has 1 amide bonds. The molecule has 0 spiro atoms. The number of carbonyl (C=O) groups excluding carboxylic acids is 1. The summed E-state index contributed by atoms with van der Waals surface area (Å²) in [5, 5.41) is 4.66.